The van der Waals surface area contributed by atoms with Gasteiger partial charge in [-0.2, -0.15) is 0 Å². The Bertz CT molecular complexity index is 1360. The fraction of sp³-hybridized carbons (Fsp3) is 0.200. The van der Waals surface area contributed by atoms with Gasteiger partial charge in [0.15, 0.2) is 5.89 Å². The molecule has 0 atom stereocenters. The first-order valence-electron chi connectivity index (χ1n) is 12.1. The average molecular weight is 462 g/mol. The van der Waals surface area contributed by atoms with Crippen LogP contribution in [0, 0.1) is 0 Å². The summed E-state index contributed by atoms with van der Waals surface area (Å²) in [7, 11) is 0. The van der Waals surface area contributed by atoms with E-state index in [1.165, 1.54) is 27.8 Å². The fourth-order valence-electron chi connectivity index (χ4n) is 4.96. The molecule has 6 rings (SSSR count). The van der Waals surface area contributed by atoms with Crippen molar-refractivity contribution < 1.29 is 9.15 Å². The van der Waals surface area contributed by atoms with Crippen molar-refractivity contribution in [2.45, 2.75) is 38.3 Å². The predicted molar refractivity (Wildman–Crippen MR) is 135 cm³/mol. The van der Waals surface area contributed by atoms with Crippen LogP contribution in [0.3, 0.4) is 0 Å². The van der Waals surface area contributed by atoms with E-state index in [-0.39, 0.29) is 5.92 Å². The third kappa shape index (κ3) is 4.62. The Balaban J connectivity index is 1.05. The molecule has 0 aliphatic heterocycles. The number of hydrogen-bond donors (Lipinski definition) is 0. The summed E-state index contributed by atoms with van der Waals surface area (Å²) >= 11 is 0. The zero-order valence-corrected chi connectivity index (χ0v) is 19.5. The molecule has 0 saturated heterocycles. The summed E-state index contributed by atoms with van der Waals surface area (Å²) in [4.78, 5) is 8.80. The van der Waals surface area contributed by atoms with Gasteiger partial charge in [-0.15, -0.1) is 0 Å². The molecule has 5 aromatic rings. The minimum Gasteiger partial charge on any atom is -0.487 e. The summed E-state index contributed by atoms with van der Waals surface area (Å²) < 4.78 is 13.9. The van der Waals surface area contributed by atoms with Gasteiger partial charge in [-0.3, -0.25) is 0 Å². The number of imidazole rings is 1. The molecule has 0 radical (unpaired) electrons. The SMILES string of the molecule is c1ccc2c(c1)-c1ccccc1C2Cc1nc(COc2ccc(CCCn3ccnc3)cc2)co1. The molecule has 35 heavy (non-hydrogen) atoms. The van der Waals surface area contributed by atoms with E-state index in [1.807, 2.05) is 30.9 Å². The summed E-state index contributed by atoms with van der Waals surface area (Å²) in [6.07, 6.45) is 10.2. The number of ether oxygens (including phenoxy) is 1. The highest BCUT2D eigenvalue weighted by molar-refractivity contribution is 5.78. The van der Waals surface area contributed by atoms with Crippen LogP contribution in [0.5, 0.6) is 5.75 Å². The van der Waals surface area contributed by atoms with Crippen LogP contribution in [0.25, 0.3) is 11.1 Å². The van der Waals surface area contributed by atoms with Gasteiger partial charge in [0.1, 0.15) is 24.3 Å². The van der Waals surface area contributed by atoms with E-state index in [9.17, 15) is 0 Å². The molecule has 5 heteroatoms. The summed E-state index contributed by atoms with van der Waals surface area (Å²) in [5, 5.41) is 0. The minimum absolute atomic E-state index is 0.260. The van der Waals surface area contributed by atoms with Crippen LogP contribution < -0.4 is 4.74 Å². The van der Waals surface area contributed by atoms with Crippen molar-refractivity contribution in [3.05, 3.63) is 126 Å². The number of aryl methyl sites for hydroxylation is 2. The van der Waals surface area contributed by atoms with Crippen LogP contribution in [-0.4, -0.2) is 14.5 Å². The molecule has 174 valence electrons. The molecule has 1 aliphatic rings. The van der Waals surface area contributed by atoms with Gasteiger partial charge in [0.05, 0.1) is 6.33 Å². The first kappa shape index (κ1) is 21.4. The van der Waals surface area contributed by atoms with Crippen molar-refractivity contribution in [3.8, 4) is 16.9 Å². The standard InChI is InChI=1S/C30H27N3O2/c1-3-9-27-25(7-1)26-8-2-4-10-28(26)29(27)18-30-32-23(20-35-30)19-34-24-13-11-22(12-14-24)6-5-16-33-17-15-31-21-33/h1-4,7-15,17,20-21,29H,5-6,16,18-19H2. The number of aromatic nitrogens is 3. The molecule has 2 heterocycles. The van der Waals surface area contributed by atoms with E-state index < -0.39 is 0 Å². The Hall–Kier alpha value is -4.12. The normalized spacial score (nSPS) is 12.5. The summed E-state index contributed by atoms with van der Waals surface area (Å²) in [6, 6.07) is 25.6. The molecule has 0 fully saturated rings. The van der Waals surface area contributed by atoms with Crippen LogP contribution in [0.4, 0.5) is 0 Å². The molecule has 3 aromatic carbocycles. The van der Waals surface area contributed by atoms with Crippen LogP contribution in [-0.2, 0) is 26.0 Å². The number of fused-ring (bicyclic) bond motifs is 3. The molecule has 5 nitrogen and oxygen atoms in total. The topological polar surface area (TPSA) is 53.1 Å². The van der Waals surface area contributed by atoms with Crippen LogP contribution in [0.1, 0.15) is 40.6 Å². The highest BCUT2D eigenvalue weighted by Crippen LogP contribution is 2.45. The maximum atomic E-state index is 5.97. The first-order valence-corrected chi connectivity index (χ1v) is 12.1. The zero-order chi connectivity index (χ0) is 23.5. The van der Waals surface area contributed by atoms with Gasteiger partial charge in [0.2, 0.25) is 0 Å². The number of nitrogens with zero attached hydrogens (tertiary/aromatic N) is 3. The summed E-state index contributed by atoms with van der Waals surface area (Å²) in [6.45, 7) is 1.37. The first-order chi connectivity index (χ1) is 17.3. The molecule has 0 bridgehead atoms. The van der Waals surface area contributed by atoms with Crippen molar-refractivity contribution in [2.24, 2.45) is 0 Å². The van der Waals surface area contributed by atoms with Crippen molar-refractivity contribution in [2.75, 3.05) is 0 Å². The van der Waals surface area contributed by atoms with E-state index in [2.05, 4.69) is 70.2 Å². The molecule has 0 unspecified atom stereocenters. The van der Waals surface area contributed by atoms with E-state index in [1.54, 1.807) is 6.26 Å². The lowest BCUT2D eigenvalue weighted by Crippen LogP contribution is -2.02. The smallest absolute Gasteiger partial charge is 0.195 e. The van der Waals surface area contributed by atoms with Gasteiger partial charge in [0.25, 0.3) is 0 Å². The van der Waals surface area contributed by atoms with Gasteiger partial charge in [0, 0.05) is 31.3 Å². The molecular formula is C30H27N3O2. The fourth-order valence-corrected chi connectivity index (χ4v) is 4.96. The van der Waals surface area contributed by atoms with E-state index in [0.717, 1.165) is 43.1 Å². The monoisotopic (exact) mass is 461 g/mol. The second kappa shape index (κ2) is 9.63. The lowest BCUT2D eigenvalue weighted by Gasteiger charge is -2.11. The minimum atomic E-state index is 0.260. The zero-order valence-electron chi connectivity index (χ0n) is 19.5. The van der Waals surface area contributed by atoms with Crippen LogP contribution in [0.15, 0.2) is 102 Å². The van der Waals surface area contributed by atoms with E-state index in [4.69, 9.17) is 14.1 Å². The second-order valence-electron chi connectivity index (χ2n) is 9.00. The molecular weight excluding hydrogens is 434 g/mol. The van der Waals surface area contributed by atoms with Gasteiger partial charge >= 0.3 is 0 Å². The molecule has 0 spiro atoms. The molecule has 0 amide bonds. The number of rotatable bonds is 9. The Labute approximate surface area is 205 Å². The highest BCUT2D eigenvalue weighted by atomic mass is 16.5. The van der Waals surface area contributed by atoms with Gasteiger partial charge < -0.3 is 13.7 Å². The van der Waals surface area contributed by atoms with E-state index >= 15 is 0 Å². The highest BCUT2D eigenvalue weighted by Gasteiger charge is 2.29. The third-order valence-electron chi connectivity index (χ3n) is 6.69. The summed E-state index contributed by atoms with van der Waals surface area (Å²) in [5.41, 5.74) is 7.42. The lowest BCUT2D eigenvalue weighted by molar-refractivity contribution is 0.301. The van der Waals surface area contributed by atoms with Gasteiger partial charge in [-0.1, -0.05) is 60.7 Å². The van der Waals surface area contributed by atoms with Crippen molar-refractivity contribution in [1.29, 1.82) is 0 Å². The predicted octanol–water partition coefficient (Wildman–Crippen LogP) is 6.44. The average Bonchev–Trinajstić information content (AvgIpc) is 3.65. The summed E-state index contributed by atoms with van der Waals surface area (Å²) in [5.74, 6) is 1.84. The van der Waals surface area contributed by atoms with Gasteiger partial charge in [-0.05, 0) is 52.8 Å². The maximum absolute atomic E-state index is 5.97. The van der Waals surface area contributed by atoms with E-state index in [0.29, 0.717) is 6.61 Å². The molecule has 2 aromatic heterocycles. The number of hydrogen-bond acceptors (Lipinski definition) is 4. The van der Waals surface area contributed by atoms with Crippen molar-refractivity contribution in [1.82, 2.24) is 14.5 Å². The Morgan fingerprint density at radius 2 is 1.63 bits per heavy atom. The molecule has 0 saturated carbocycles. The largest absolute Gasteiger partial charge is 0.487 e. The maximum Gasteiger partial charge on any atom is 0.195 e. The Kier molecular flexibility index (Phi) is 5.89. The van der Waals surface area contributed by atoms with Gasteiger partial charge in [-0.25, -0.2) is 9.97 Å². The van der Waals surface area contributed by atoms with Crippen molar-refractivity contribution >= 4 is 0 Å². The molecule has 0 N–H and O–H groups in total. The van der Waals surface area contributed by atoms with Crippen LogP contribution >= 0.6 is 0 Å². The lowest BCUT2D eigenvalue weighted by atomic mass is 9.94. The Morgan fingerprint density at radius 1 is 0.886 bits per heavy atom. The van der Waals surface area contributed by atoms with Crippen molar-refractivity contribution in [3.63, 3.8) is 0 Å². The second-order valence-corrected chi connectivity index (χ2v) is 9.00. The van der Waals surface area contributed by atoms with Crippen LogP contribution in [0.2, 0.25) is 0 Å². The molecule has 1 aliphatic carbocycles. The Morgan fingerprint density at radius 3 is 2.34 bits per heavy atom. The quantitative estimate of drug-likeness (QED) is 0.254. The number of oxazole rings is 1. The third-order valence-corrected chi connectivity index (χ3v) is 6.69. The number of benzene rings is 3.